The number of nitrogens with one attached hydrogen (secondary N) is 1. The number of fused-ring (bicyclic) bond motifs is 2. The van der Waals surface area contributed by atoms with Crippen LogP contribution >= 0.6 is 0 Å². The summed E-state index contributed by atoms with van der Waals surface area (Å²) in [6.45, 7) is 0.467. The van der Waals surface area contributed by atoms with Crippen LogP contribution in [0.5, 0.6) is 0 Å². The normalized spacial score (nSPS) is 13.3. The van der Waals surface area contributed by atoms with Gasteiger partial charge in [-0.2, -0.15) is 0 Å². The minimum Gasteiger partial charge on any atom is -0.345 e. The summed E-state index contributed by atoms with van der Waals surface area (Å²) in [5, 5.41) is 0.841. The van der Waals surface area contributed by atoms with Crippen molar-refractivity contribution >= 4 is 32.1 Å². The summed E-state index contributed by atoms with van der Waals surface area (Å²) >= 11 is 0. The highest BCUT2D eigenvalue weighted by atomic mass is 32.2. The third-order valence-corrected chi connectivity index (χ3v) is 6.49. The molecule has 1 aliphatic rings. The highest BCUT2D eigenvalue weighted by Gasteiger charge is 2.26. The lowest BCUT2D eigenvalue weighted by Gasteiger charge is -2.26. The van der Waals surface area contributed by atoms with Gasteiger partial charge in [-0.05, 0) is 47.5 Å². The van der Waals surface area contributed by atoms with E-state index in [-0.39, 0.29) is 17.1 Å². The second kappa shape index (κ2) is 6.81. The first-order valence-electron chi connectivity index (χ1n) is 9.75. The third kappa shape index (κ3) is 3.33. The third-order valence-electron chi connectivity index (χ3n) is 5.63. The lowest BCUT2D eigenvalue weighted by Crippen LogP contribution is -2.18. The summed E-state index contributed by atoms with van der Waals surface area (Å²) in [6.07, 6.45) is 4.83. The van der Waals surface area contributed by atoms with E-state index < -0.39 is 9.84 Å². The summed E-state index contributed by atoms with van der Waals surface area (Å²) < 4.78 is 39.2. The largest absolute Gasteiger partial charge is 0.345 e. The number of aromatic nitrogens is 2. The van der Waals surface area contributed by atoms with Crippen LogP contribution in [0.2, 0.25) is 0 Å². The molecule has 5 rings (SSSR count). The van der Waals surface area contributed by atoms with Crippen LogP contribution in [0.15, 0.2) is 59.7 Å². The van der Waals surface area contributed by atoms with Gasteiger partial charge in [0.15, 0.2) is 9.84 Å². The number of aryl methyl sites for hydroxylation is 1. The van der Waals surface area contributed by atoms with Crippen LogP contribution < -0.4 is 10.5 Å². The van der Waals surface area contributed by atoms with E-state index in [1.165, 1.54) is 18.4 Å². The van der Waals surface area contributed by atoms with Gasteiger partial charge in [0.2, 0.25) is 0 Å². The van der Waals surface area contributed by atoms with Crippen LogP contribution in [0.1, 0.15) is 11.1 Å². The molecule has 0 atom stereocenters. The first-order chi connectivity index (χ1) is 14.7. The molecule has 6 nitrogen and oxygen atoms in total. The monoisotopic (exact) mass is 437 g/mol. The first kappa shape index (κ1) is 19.6. The van der Waals surface area contributed by atoms with E-state index in [0.29, 0.717) is 17.6 Å². The number of H-pyrrole nitrogens is 1. The molecule has 0 bridgehead atoms. The van der Waals surface area contributed by atoms with Gasteiger partial charge in [0.1, 0.15) is 11.3 Å². The van der Waals surface area contributed by atoms with Gasteiger partial charge in [-0.25, -0.2) is 12.8 Å². The molecule has 0 unspecified atom stereocenters. The van der Waals surface area contributed by atoms with E-state index in [1.54, 1.807) is 29.0 Å². The van der Waals surface area contributed by atoms with Crippen LogP contribution in [-0.4, -0.2) is 24.2 Å². The summed E-state index contributed by atoms with van der Waals surface area (Å²) in [4.78, 5) is 17.4. The van der Waals surface area contributed by atoms with Crippen LogP contribution in [-0.2, 0) is 29.2 Å². The van der Waals surface area contributed by atoms with Crippen LogP contribution in [0.3, 0.4) is 0 Å². The molecule has 4 aromatic rings. The first-order valence-corrected chi connectivity index (χ1v) is 11.8. The summed E-state index contributed by atoms with van der Waals surface area (Å²) in [7, 11) is -1.39. The lowest BCUT2D eigenvalue weighted by atomic mass is 10.0. The molecule has 0 saturated heterocycles. The van der Waals surface area contributed by atoms with E-state index >= 15 is 0 Å². The Kier molecular flexibility index (Phi) is 4.30. The maximum Gasteiger partial charge on any atom is 0.272 e. The number of halogens is 1. The van der Waals surface area contributed by atoms with Crippen LogP contribution in [0, 0.1) is 5.82 Å². The van der Waals surface area contributed by atoms with Crippen molar-refractivity contribution in [3.63, 3.8) is 0 Å². The summed E-state index contributed by atoms with van der Waals surface area (Å²) in [6, 6.07) is 11.8. The van der Waals surface area contributed by atoms with Crippen LogP contribution in [0.4, 0.5) is 15.8 Å². The molecule has 0 radical (unpaired) electrons. The van der Waals surface area contributed by atoms with Gasteiger partial charge in [-0.3, -0.25) is 4.79 Å². The molecule has 1 aliphatic heterocycles. The van der Waals surface area contributed by atoms with Gasteiger partial charge in [0.05, 0.1) is 12.3 Å². The average molecular weight is 437 g/mol. The molecule has 0 saturated carbocycles. The molecule has 2 aromatic carbocycles. The molecular formula is C23H20FN3O3S. The Bertz CT molecular complexity index is 1500. The molecule has 0 spiro atoms. The fraction of sp³-hybridized carbons (Fsp3) is 0.174. The lowest BCUT2D eigenvalue weighted by molar-refractivity contribution is 0.601. The number of nitrogens with zero attached hydrogens (tertiary/aromatic N) is 2. The maximum atomic E-state index is 13.6. The fourth-order valence-corrected chi connectivity index (χ4v) is 5.17. The Labute approximate surface area is 178 Å². The Balaban J connectivity index is 1.82. The van der Waals surface area contributed by atoms with Gasteiger partial charge in [-0.1, -0.05) is 6.07 Å². The van der Waals surface area contributed by atoms with Crippen molar-refractivity contribution in [1.82, 2.24) is 9.55 Å². The zero-order valence-corrected chi connectivity index (χ0v) is 17.8. The molecule has 0 fully saturated rings. The zero-order chi connectivity index (χ0) is 21.9. The minimum absolute atomic E-state index is 0.0744. The molecule has 31 heavy (non-hydrogen) atoms. The number of pyridine rings is 1. The quantitative estimate of drug-likeness (QED) is 0.528. The Morgan fingerprint density at radius 3 is 2.55 bits per heavy atom. The number of benzene rings is 2. The van der Waals surface area contributed by atoms with E-state index in [4.69, 9.17) is 0 Å². The summed E-state index contributed by atoms with van der Waals surface area (Å²) in [5.41, 5.74) is 5.34. The Morgan fingerprint density at radius 2 is 1.84 bits per heavy atom. The predicted molar refractivity (Wildman–Crippen MR) is 120 cm³/mol. The second-order valence-electron chi connectivity index (χ2n) is 8.00. The molecule has 8 heteroatoms. The average Bonchev–Trinajstić information content (AvgIpc) is 2.99. The number of aromatic amines is 1. The molecule has 2 aromatic heterocycles. The van der Waals surface area contributed by atoms with Gasteiger partial charge < -0.3 is 14.5 Å². The van der Waals surface area contributed by atoms with Gasteiger partial charge in [-0.15, -0.1) is 0 Å². The molecule has 3 heterocycles. The molecular weight excluding hydrogens is 417 g/mol. The SMILES string of the molecule is Cn1cc2c3c(c[nH]c(=O)c31)CN(c1ccc(F)cc1)c1ccc(CS(C)(=O)=O)cc1-2. The van der Waals surface area contributed by atoms with E-state index in [2.05, 4.69) is 4.98 Å². The van der Waals surface area contributed by atoms with E-state index in [1.807, 2.05) is 30.3 Å². The second-order valence-corrected chi connectivity index (χ2v) is 10.1. The van der Waals surface area contributed by atoms with Crippen molar-refractivity contribution in [3.05, 3.63) is 82.2 Å². The summed E-state index contributed by atoms with van der Waals surface area (Å²) in [5.74, 6) is -0.396. The van der Waals surface area contributed by atoms with Gasteiger partial charge in [0.25, 0.3) is 5.56 Å². The molecule has 158 valence electrons. The van der Waals surface area contributed by atoms with E-state index in [9.17, 15) is 17.6 Å². The highest BCUT2D eigenvalue weighted by molar-refractivity contribution is 7.89. The van der Waals surface area contributed by atoms with Crippen molar-refractivity contribution in [2.24, 2.45) is 7.05 Å². The van der Waals surface area contributed by atoms with Gasteiger partial charge in [0, 0.05) is 53.6 Å². The zero-order valence-electron chi connectivity index (χ0n) is 17.0. The Hall–Kier alpha value is -3.39. The smallest absolute Gasteiger partial charge is 0.272 e. The Morgan fingerprint density at radius 1 is 1.10 bits per heavy atom. The van der Waals surface area contributed by atoms with Crippen molar-refractivity contribution in [3.8, 4) is 11.1 Å². The minimum atomic E-state index is -3.21. The number of anilines is 2. The maximum absolute atomic E-state index is 13.6. The standard InChI is InChI=1S/C23H20FN3O3S/c1-26-12-19-18-9-14(13-31(2,29)30)3-8-20(18)27(17-6-4-16(24)5-7-17)11-15-10-25-23(28)22(26)21(15)19/h3-10,12H,11,13H2,1-2H3,(H,25,28). The molecule has 1 N–H and O–H groups in total. The van der Waals surface area contributed by atoms with Crippen LogP contribution in [0.25, 0.3) is 22.0 Å². The topological polar surface area (TPSA) is 75.2 Å². The molecule has 0 amide bonds. The number of sulfone groups is 1. The van der Waals surface area contributed by atoms with Crippen molar-refractivity contribution in [2.45, 2.75) is 12.3 Å². The van der Waals surface area contributed by atoms with E-state index in [0.717, 1.165) is 33.5 Å². The fourth-order valence-electron chi connectivity index (χ4n) is 4.38. The van der Waals surface area contributed by atoms with Gasteiger partial charge >= 0.3 is 0 Å². The van der Waals surface area contributed by atoms with Crippen molar-refractivity contribution in [2.75, 3.05) is 11.2 Å². The molecule has 0 aliphatic carbocycles. The predicted octanol–water partition coefficient (Wildman–Crippen LogP) is 3.87. The number of hydrogen-bond donors (Lipinski definition) is 1. The van der Waals surface area contributed by atoms with Crippen molar-refractivity contribution in [1.29, 1.82) is 0 Å². The van der Waals surface area contributed by atoms with Crippen molar-refractivity contribution < 1.29 is 12.8 Å². The number of rotatable bonds is 3. The number of hydrogen-bond acceptors (Lipinski definition) is 4. The highest BCUT2D eigenvalue weighted by Crippen LogP contribution is 2.44.